The number of hydrogen-bond donors (Lipinski definition) is 1. The molecule has 1 saturated heterocycles. The Labute approximate surface area is 206 Å². The van der Waals surface area contributed by atoms with Crippen LogP contribution in [0.15, 0.2) is 53.4 Å². The monoisotopic (exact) mass is 493 g/mol. The van der Waals surface area contributed by atoms with Crippen molar-refractivity contribution in [1.29, 1.82) is 0 Å². The second kappa shape index (κ2) is 10.6. The van der Waals surface area contributed by atoms with Crippen molar-refractivity contribution in [2.24, 2.45) is 0 Å². The molecule has 0 aliphatic carbocycles. The first-order valence-corrected chi connectivity index (χ1v) is 11.8. The van der Waals surface area contributed by atoms with E-state index in [0.717, 1.165) is 27.1 Å². The lowest BCUT2D eigenvalue weighted by atomic mass is 10.1. The topological polar surface area (TPSA) is 113 Å². The summed E-state index contributed by atoms with van der Waals surface area (Å²) in [5.74, 6) is -0.714. The Morgan fingerprint density at radius 1 is 0.914 bits per heavy atom. The van der Waals surface area contributed by atoms with Gasteiger partial charge in [0, 0.05) is 26.1 Å². The highest BCUT2D eigenvalue weighted by molar-refractivity contribution is 8.18. The fourth-order valence-electron chi connectivity index (χ4n) is 3.78. The fourth-order valence-corrected chi connectivity index (χ4v) is 4.64. The van der Waals surface area contributed by atoms with Gasteiger partial charge in [0.25, 0.3) is 23.0 Å². The van der Waals surface area contributed by atoms with Crippen LogP contribution in [0.3, 0.4) is 0 Å². The average Bonchev–Trinajstić information content (AvgIpc) is 3.27. The molecule has 2 aliphatic heterocycles. The minimum atomic E-state index is -0.407. The van der Waals surface area contributed by atoms with Crippen LogP contribution in [0.5, 0.6) is 5.75 Å². The van der Waals surface area contributed by atoms with Crippen molar-refractivity contribution in [2.45, 2.75) is 12.8 Å². The minimum Gasteiger partial charge on any atom is -0.497 e. The molecule has 2 heterocycles. The summed E-state index contributed by atoms with van der Waals surface area (Å²) >= 11 is 0.854. The lowest BCUT2D eigenvalue weighted by molar-refractivity contribution is -0.124. The molecule has 4 rings (SSSR count). The van der Waals surface area contributed by atoms with Gasteiger partial charge in [-0.05, 0) is 54.1 Å². The normalized spacial score (nSPS) is 16.3. The van der Waals surface area contributed by atoms with Gasteiger partial charge in [-0.2, -0.15) is 0 Å². The molecule has 0 unspecified atom stereocenters. The van der Waals surface area contributed by atoms with E-state index in [4.69, 9.17) is 4.74 Å². The minimum absolute atomic E-state index is 0.0504. The summed E-state index contributed by atoms with van der Waals surface area (Å²) in [4.78, 5) is 64.3. The van der Waals surface area contributed by atoms with E-state index in [-0.39, 0.29) is 43.8 Å². The van der Waals surface area contributed by atoms with Gasteiger partial charge in [-0.25, -0.2) is 0 Å². The van der Waals surface area contributed by atoms with E-state index in [1.165, 1.54) is 0 Å². The van der Waals surface area contributed by atoms with Crippen LogP contribution in [0.25, 0.3) is 6.08 Å². The zero-order valence-electron chi connectivity index (χ0n) is 19.0. The van der Waals surface area contributed by atoms with Gasteiger partial charge >= 0.3 is 0 Å². The van der Waals surface area contributed by atoms with E-state index in [9.17, 15) is 24.0 Å². The predicted octanol–water partition coefficient (Wildman–Crippen LogP) is 2.92. The third-order valence-corrected chi connectivity index (χ3v) is 6.52. The van der Waals surface area contributed by atoms with Crippen molar-refractivity contribution >= 4 is 46.7 Å². The zero-order valence-corrected chi connectivity index (χ0v) is 19.8. The molecule has 0 bridgehead atoms. The molecule has 10 heteroatoms. The van der Waals surface area contributed by atoms with E-state index >= 15 is 0 Å². The summed E-state index contributed by atoms with van der Waals surface area (Å²) < 4.78 is 5.11. The first-order chi connectivity index (χ1) is 16.9. The van der Waals surface area contributed by atoms with Gasteiger partial charge < -0.3 is 10.1 Å². The van der Waals surface area contributed by atoms with E-state index in [2.05, 4.69) is 5.32 Å². The summed E-state index contributed by atoms with van der Waals surface area (Å²) in [6.07, 6.45) is 2.05. The predicted molar refractivity (Wildman–Crippen MR) is 130 cm³/mol. The van der Waals surface area contributed by atoms with Crippen molar-refractivity contribution in [2.75, 3.05) is 26.7 Å². The lowest BCUT2D eigenvalue weighted by Gasteiger charge is -2.14. The number of thioether (sulfide) groups is 1. The molecule has 2 aliphatic rings. The van der Waals surface area contributed by atoms with Gasteiger partial charge in [0.15, 0.2) is 0 Å². The molecule has 0 spiro atoms. The second-order valence-corrected chi connectivity index (χ2v) is 8.86. The molecule has 5 amide bonds. The van der Waals surface area contributed by atoms with Crippen LogP contribution in [-0.2, 0) is 9.59 Å². The summed E-state index contributed by atoms with van der Waals surface area (Å²) in [5.41, 5.74) is 1.52. The number of nitrogens with one attached hydrogen (secondary N) is 1. The molecule has 9 nitrogen and oxygen atoms in total. The van der Waals surface area contributed by atoms with Crippen molar-refractivity contribution in [3.05, 3.63) is 70.1 Å². The molecule has 180 valence electrons. The summed E-state index contributed by atoms with van der Waals surface area (Å²) in [6, 6.07) is 13.7. The molecule has 35 heavy (non-hydrogen) atoms. The number of carbonyl (C=O) groups excluding carboxylic acids is 5. The van der Waals surface area contributed by atoms with Crippen molar-refractivity contribution < 1.29 is 28.7 Å². The number of rotatable bonds is 9. The van der Waals surface area contributed by atoms with Crippen LogP contribution in [0, 0.1) is 0 Å². The van der Waals surface area contributed by atoms with Crippen LogP contribution < -0.4 is 10.1 Å². The van der Waals surface area contributed by atoms with Gasteiger partial charge in [-0.1, -0.05) is 24.3 Å². The maximum Gasteiger partial charge on any atom is 0.293 e. The van der Waals surface area contributed by atoms with Gasteiger partial charge in [0.1, 0.15) is 5.75 Å². The number of nitrogens with zero attached hydrogens (tertiary/aromatic N) is 2. The number of amides is 5. The highest BCUT2D eigenvalue weighted by atomic mass is 32.2. The molecule has 0 saturated carbocycles. The van der Waals surface area contributed by atoms with Crippen LogP contribution in [0.1, 0.15) is 39.1 Å². The Morgan fingerprint density at radius 2 is 1.57 bits per heavy atom. The Morgan fingerprint density at radius 3 is 2.20 bits per heavy atom. The van der Waals surface area contributed by atoms with E-state index in [0.29, 0.717) is 28.2 Å². The average molecular weight is 494 g/mol. The summed E-state index contributed by atoms with van der Waals surface area (Å²) in [5, 5.41) is 2.28. The Hall–Kier alpha value is -3.92. The van der Waals surface area contributed by atoms with Crippen molar-refractivity contribution in [3.63, 3.8) is 0 Å². The van der Waals surface area contributed by atoms with Gasteiger partial charge in [-0.15, -0.1) is 0 Å². The molecule has 0 radical (unpaired) electrons. The smallest absolute Gasteiger partial charge is 0.293 e. The molecule has 1 N–H and O–H groups in total. The second-order valence-electron chi connectivity index (χ2n) is 7.87. The number of ether oxygens (including phenoxy) is 1. The Bertz CT molecular complexity index is 1190. The Kier molecular flexibility index (Phi) is 7.31. The number of methoxy groups -OCH3 is 1. The summed E-state index contributed by atoms with van der Waals surface area (Å²) in [6.45, 7) is 0.299. The van der Waals surface area contributed by atoms with Crippen molar-refractivity contribution in [1.82, 2.24) is 15.1 Å². The van der Waals surface area contributed by atoms with Crippen LogP contribution in [0.4, 0.5) is 4.79 Å². The first-order valence-electron chi connectivity index (χ1n) is 11.0. The maximum absolute atomic E-state index is 12.6. The standard InChI is InChI=1S/C25H23N3O6S/c1-34-17-10-8-16(9-11-17)15-20-24(32)28(25(33)35-20)14-12-26-21(29)7-4-13-27-22(30)18-5-2-3-6-19(18)23(27)31/h2-3,5-6,8-11,15H,4,7,12-14H2,1H3,(H,26,29). The van der Waals surface area contributed by atoms with Crippen LogP contribution in [-0.4, -0.2) is 65.4 Å². The first kappa shape index (κ1) is 24.2. The largest absolute Gasteiger partial charge is 0.497 e. The highest BCUT2D eigenvalue weighted by Gasteiger charge is 2.35. The van der Waals surface area contributed by atoms with Gasteiger partial charge in [-0.3, -0.25) is 33.8 Å². The SMILES string of the molecule is COc1ccc(C=C2SC(=O)N(CCNC(=O)CCCN3C(=O)c4ccccc4C3=O)C2=O)cc1. The molecule has 0 atom stereocenters. The Balaban J connectivity index is 1.21. The molecule has 0 aromatic heterocycles. The molecule has 2 aromatic carbocycles. The van der Waals surface area contributed by atoms with Gasteiger partial charge in [0.2, 0.25) is 5.91 Å². The van der Waals surface area contributed by atoms with Crippen molar-refractivity contribution in [3.8, 4) is 5.75 Å². The number of benzene rings is 2. The molecule has 1 fully saturated rings. The summed E-state index contributed by atoms with van der Waals surface area (Å²) in [7, 11) is 1.56. The molecular formula is C25H23N3O6S. The third-order valence-electron chi connectivity index (χ3n) is 5.61. The van der Waals surface area contributed by atoms with E-state index in [1.807, 2.05) is 0 Å². The van der Waals surface area contributed by atoms with Crippen LogP contribution >= 0.6 is 11.8 Å². The quantitative estimate of drug-likeness (QED) is 0.422. The molecular weight excluding hydrogens is 470 g/mol. The fraction of sp³-hybridized carbons (Fsp3) is 0.240. The maximum atomic E-state index is 12.6. The third kappa shape index (κ3) is 5.27. The number of fused-ring (bicyclic) bond motifs is 1. The van der Waals surface area contributed by atoms with E-state index in [1.54, 1.807) is 61.7 Å². The molecule has 2 aromatic rings. The zero-order chi connectivity index (χ0) is 24.9. The number of imide groups is 2. The number of hydrogen-bond acceptors (Lipinski definition) is 7. The van der Waals surface area contributed by atoms with E-state index < -0.39 is 11.1 Å². The van der Waals surface area contributed by atoms with Gasteiger partial charge in [0.05, 0.1) is 23.1 Å². The number of carbonyl (C=O) groups is 5. The van der Waals surface area contributed by atoms with Crippen LogP contribution in [0.2, 0.25) is 0 Å². The highest BCUT2D eigenvalue weighted by Crippen LogP contribution is 2.32. The lowest BCUT2D eigenvalue weighted by Crippen LogP contribution is -2.37.